The molecule has 0 radical (unpaired) electrons. The summed E-state index contributed by atoms with van der Waals surface area (Å²) in [5, 5.41) is 8.97. The van der Waals surface area contributed by atoms with Crippen LogP contribution in [0.3, 0.4) is 0 Å². The third kappa shape index (κ3) is 3.67. The summed E-state index contributed by atoms with van der Waals surface area (Å²) in [5.74, 6) is -0.810. The molecule has 2 rings (SSSR count). The molecular weight excluding hydrogens is 270 g/mol. The van der Waals surface area contributed by atoms with Crippen LogP contribution in [0.25, 0.3) is 0 Å². The molecule has 2 aliphatic heterocycles. The first-order valence-corrected chi connectivity index (χ1v) is 7.71. The average molecular weight is 297 g/mol. The smallest absolute Gasteiger partial charge is 0.320 e. The van der Waals surface area contributed by atoms with Crippen molar-refractivity contribution >= 4 is 12.0 Å². The van der Waals surface area contributed by atoms with Gasteiger partial charge in [0, 0.05) is 38.8 Å². The van der Waals surface area contributed by atoms with Gasteiger partial charge in [-0.25, -0.2) is 4.79 Å². The maximum absolute atomic E-state index is 12.5. The molecule has 0 aromatic heterocycles. The van der Waals surface area contributed by atoms with E-state index in [1.165, 1.54) is 0 Å². The molecule has 6 nitrogen and oxygen atoms in total. The van der Waals surface area contributed by atoms with Crippen LogP contribution >= 0.6 is 0 Å². The molecule has 2 fully saturated rings. The van der Waals surface area contributed by atoms with Crippen LogP contribution in [0, 0.1) is 5.41 Å². The molecule has 2 aliphatic rings. The van der Waals surface area contributed by atoms with E-state index in [0.717, 1.165) is 19.6 Å². The van der Waals surface area contributed by atoms with Gasteiger partial charge < -0.3 is 14.9 Å². The van der Waals surface area contributed by atoms with E-state index in [4.69, 9.17) is 5.11 Å². The summed E-state index contributed by atoms with van der Waals surface area (Å²) in [5.41, 5.74) is -0.395. The lowest BCUT2D eigenvalue weighted by atomic mass is 9.89. The maximum atomic E-state index is 12.5. The number of carbonyl (C=O) groups is 2. The van der Waals surface area contributed by atoms with Gasteiger partial charge >= 0.3 is 12.0 Å². The Kier molecular flexibility index (Phi) is 4.46. The quantitative estimate of drug-likeness (QED) is 0.831. The molecule has 0 unspecified atom stereocenters. The van der Waals surface area contributed by atoms with Crippen LogP contribution in [0.1, 0.15) is 34.1 Å². The third-order valence-corrected chi connectivity index (χ3v) is 4.44. The van der Waals surface area contributed by atoms with Crippen molar-refractivity contribution in [1.82, 2.24) is 14.7 Å². The molecule has 2 heterocycles. The fraction of sp³-hybridized carbons (Fsp3) is 0.867. The lowest BCUT2D eigenvalue weighted by molar-refractivity contribution is -0.139. The van der Waals surface area contributed by atoms with Crippen molar-refractivity contribution in [3.63, 3.8) is 0 Å². The van der Waals surface area contributed by atoms with E-state index < -0.39 is 11.4 Å². The minimum atomic E-state index is -0.810. The van der Waals surface area contributed by atoms with Crippen LogP contribution in [-0.4, -0.2) is 76.6 Å². The van der Waals surface area contributed by atoms with Gasteiger partial charge in [-0.15, -0.1) is 0 Å². The minimum absolute atomic E-state index is 0.0712. The van der Waals surface area contributed by atoms with Crippen molar-refractivity contribution in [3.8, 4) is 0 Å². The molecule has 0 aliphatic carbocycles. The Morgan fingerprint density at radius 3 is 2.57 bits per heavy atom. The summed E-state index contributed by atoms with van der Waals surface area (Å²) in [6.45, 7) is 12.0. The Morgan fingerprint density at radius 2 is 2.00 bits per heavy atom. The van der Waals surface area contributed by atoms with E-state index in [-0.39, 0.29) is 18.5 Å². The summed E-state index contributed by atoms with van der Waals surface area (Å²) < 4.78 is 0. The second-order valence-electron chi connectivity index (χ2n) is 7.33. The molecule has 120 valence electrons. The molecular formula is C15H27N3O3. The first-order chi connectivity index (χ1) is 9.69. The number of carboxylic acids is 1. The van der Waals surface area contributed by atoms with E-state index in [1.54, 1.807) is 0 Å². The molecule has 0 bridgehead atoms. The zero-order chi connectivity index (χ0) is 15.8. The Morgan fingerprint density at radius 1 is 1.33 bits per heavy atom. The highest BCUT2D eigenvalue weighted by Gasteiger charge is 2.42. The standard InChI is InChI=1S/C15H27N3O3/c1-11(2)16-5-6-18-12(8-16)9-17(14(18)21)10-15(3,4)7-13(19)20/h11-12H,5-10H2,1-4H3,(H,19,20)/t12-/m0/s1. The van der Waals surface area contributed by atoms with Gasteiger partial charge in [-0.2, -0.15) is 0 Å². The Labute approximate surface area is 126 Å². The number of fused-ring (bicyclic) bond motifs is 1. The fourth-order valence-electron chi connectivity index (χ4n) is 3.38. The van der Waals surface area contributed by atoms with E-state index in [0.29, 0.717) is 19.1 Å². The van der Waals surface area contributed by atoms with Gasteiger partial charge in [-0.1, -0.05) is 13.8 Å². The fourth-order valence-corrected chi connectivity index (χ4v) is 3.38. The normalized spacial score (nSPS) is 23.9. The summed E-state index contributed by atoms with van der Waals surface area (Å²) in [4.78, 5) is 29.6. The number of rotatable bonds is 5. The van der Waals surface area contributed by atoms with Gasteiger partial charge in [0.25, 0.3) is 0 Å². The number of carboxylic acid groups (broad SMARTS) is 1. The minimum Gasteiger partial charge on any atom is -0.481 e. The topological polar surface area (TPSA) is 64.1 Å². The first-order valence-electron chi connectivity index (χ1n) is 7.71. The zero-order valence-electron chi connectivity index (χ0n) is 13.5. The number of amides is 2. The zero-order valence-corrected chi connectivity index (χ0v) is 13.5. The summed E-state index contributed by atoms with van der Waals surface area (Å²) in [6, 6.07) is 0.816. The lowest BCUT2D eigenvalue weighted by Gasteiger charge is -2.38. The van der Waals surface area contributed by atoms with Crippen molar-refractivity contribution < 1.29 is 14.7 Å². The predicted octanol–water partition coefficient (Wildman–Crippen LogP) is 1.32. The highest BCUT2D eigenvalue weighted by atomic mass is 16.4. The Hall–Kier alpha value is -1.30. The number of aliphatic carboxylic acids is 1. The number of piperazine rings is 1. The summed E-state index contributed by atoms with van der Waals surface area (Å²) in [7, 11) is 0. The summed E-state index contributed by atoms with van der Waals surface area (Å²) >= 11 is 0. The second kappa shape index (κ2) is 5.83. The SMILES string of the molecule is CC(C)N1CCN2C(=O)N(CC(C)(C)CC(=O)O)C[C@@H]2C1. The lowest BCUT2D eigenvalue weighted by Crippen LogP contribution is -2.53. The van der Waals surface area contributed by atoms with Crippen molar-refractivity contribution in [1.29, 1.82) is 0 Å². The number of urea groups is 1. The summed E-state index contributed by atoms with van der Waals surface area (Å²) in [6.07, 6.45) is 0.0829. The number of nitrogens with zero attached hydrogens (tertiary/aromatic N) is 3. The first kappa shape index (κ1) is 16.1. The van der Waals surface area contributed by atoms with Crippen LogP contribution in [0.4, 0.5) is 4.79 Å². The molecule has 0 aromatic rings. The molecule has 21 heavy (non-hydrogen) atoms. The van der Waals surface area contributed by atoms with E-state index in [2.05, 4.69) is 18.7 Å². The molecule has 1 N–H and O–H groups in total. The Balaban J connectivity index is 1.99. The highest BCUT2D eigenvalue weighted by Crippen LogP contribution is 2.27. The van der Waals surface area contributed by atoms with Crippen LogP contribution in [0.15, 0.2) is 0 Å². The molecule has 1 atom stereocenters. The maximum Gasteiger partial charge on any atom is 0.320 e. The molecule has 0 spiro atoms. The average Bonchev–Trinajstić information content (AvgIpc) is 2.63. The van der Waals surface area contributed by atoms with Crippen molar-refractivity contribution in [3.05, 3.63) is 0 Å². The second-order valence-corrected chi connectivity index (χ2v) is 7.33. The molecule has 6 heteroatoms. The van der Waals surface area contributed by atoms with Crippen LogP contribution in [-0.2, 0) is 4.79 Å². The number of carbonyl (C=O) groups excluding carboxylic acids is 1. The Bertz CT molecular complexity index is 422. The largest absolute Gasteiger partial charge is 0.481 e. The molecule has 0 saturated carbocycles. The van der Waals surface area contributed by atoms with Gasteiger partial charge in [0.2, 0.25) is 0 Å². The van der Waals surface area contributed by atoms with Crippen LogP contribution in [0.5, 0.6) is 0 Å². The van der Waals surface area contributed by atoms with E-state index >= 15 is 0 Å². The van der Waals surface area contributed by atoms with Crippen LogP contribution < -0.4 is 0 Å². The molecule has 2 amide bonds. The predicted molar refractivity (Wildman–Crippen MR) is 80.2 cm³/mol. The van der Waals surface area contributed by atoms with Gasteiger partial charge in [0.1, 0.15) is 0 Å². The van der Waals surface area contributed by atoms with Crippen molar-refractivity contribution in [2.45, 2.75) is 46.2 Å². The van der Waals surface area contributed by atoms with Gasteiger partial charge in [-0.05, 0) is 19.3 Å². The van der Waals surface area contributed by atoms with Crippen LogP contribution in [0.2, 0.25) is 0 Å². The third-order valence-electron chi connectivity index (χ3n) is 4.44. The van der Waals surface area contributed by atoms with E-state index in [9.17, 15) is 9.59 Å². The highest BCUT2D eigenvalue weighted by molar-refractivity contribution is 5.77. The molecule has 0 aromatic carbocycles. The molecule has 2 saturated heterocycles. The van der Waals surface area contributed by atoms with E-state index in [1.807, 2.05) is 23.6 Å². The van der Waals surface area contributed by atoms with Crippen molar-refractivity contribution in [2.75, 3.05) is 32.7 Å². The van der Waals surface area contributed by atoms with Gasteiger partial charge in [0.05, 0.1) is 12.5 Å². The van der Waals surface area contributed by atoms with Crippen molar-refractivity contribution in [2.24, 2.45) is 5.41 Å². The van der Waals surface area contributed by atoms with Gasteiger partial charge in [-0.3, -0.25) is 9.69 Å². The monoisotopic (exact) mass is 297 g/mol. The number of hydrogen-bond donors (Lipinski definition) is 1. The number of hydrogen-bond acceptors (Lipinski definition) is 3. The van der Waals surface area contributed by atoms with Gasteiger partial charge in [0.15, 0.2) is 0 Å².